The van der Waals surface area contributed by atoms with Crippen LogP contribution in [0, 0.1) is 0 Å². The lowest BCUT2D eigenvalue weighted by molar-refractivity contribution is 0.174. The molecule has 1 aromatic carbocycles. The highest BCUT2D eigenvalue weighted by Gasteiger charge is 2.12. The Morgan fingerprint density at radius 2 is 1.89 bits per heavy atom. The van der Waals surface area contributed by atoms with E-state index in [0.29, 0.717) is 6.79 Å². The van der Waals surface area contributed by atoms with Crippen LogP contribution in [0.25, 0.3) is 0 Å². The molecule has 104 valence electrons. The molecule has 19 heavy (non-hydrogen) atoms. The van der Waals surface area contributed by atoms with Gasteiger partial charge < -0.3 is 20.1 Å². The minimum Gasteiger partial charge on any atom is -0.454 e. The Kier molecular flexibility index (Phi) is 4.89. The van der Waals surface area contributed by atoms with Crippen molar-refractivity contribution in [3.8, 4) is 11.5 Å². The molecule has 0 saturated heterocycles. The Balaban J connectivity index is 1.89. The highest BCUT2D eigenvalue weighted by atomic mass is 16.7. The molecular weight excluding hydrogens is 242 g/mol. The first-order chi connectivity index (χ1) is 9.33. The Morgan fingerprint density at radius 3 is 2.63 bits per heavy atom. The molecule has 0 radical (unpaired) electrons. The van der Waals surface area contributed by atoms with Crippen molar-refractivity contribution >= 4 is 5.96 Å². The summed E-state index contributed by atoms with van der Waals surface area (Å²) in [6.07, 6.45) is 0.886. The monoisotopic (exact) mass is 263 g/mol. The standard InChI is InChI=1S/C14H21N3O2/c1-3-15-14(16-4-2)17-8-7-11-5-6-12-13(9-11)19-10-18-12/h5-6,9H,3-4,7-8,10H2,1-2H3,(H2,15,16,17). The largest absolute Gasteiger partial charge is 0.454 e. The molecule has 2 N–H and O–H groups in total. The number of aliphatic imine (C=N–C) groups is 1. The van der Waals surface area contributed by atoms with Gasteiger partial charge in [0.2, 0.25) is 6.79 Å². The van der Waals surface area contributed by atoms with Gasteiger partial charge in [-0.1, -0.05) is 6.07 Å². The fourth-order valence-corrected chi connectivity index (χ4v) is 1.90. The van der Waals surface area contributed by atoms with E-state index in [9.17, 15) is 0 Å². The van der Waals surface area contributed by atoms with Crippen LogP contribution < -0.4 is 20.1 Å². The number of hydrogen-bond acceptors (Lipinski definition) is 3. The summed E-state index contributed by atoms with van der Waals surface area (Å²) in [6, 6.07) is 6.04. The van der Waals surface area contributed by atoms with Gasteiger partial charge in [-0.05, 0) is 38.0 Å². The molecule has 0 fully saturated rings. The lowest BCUT2D eigenvalue weighted by atomic mass is 10.1. The molecule has 1 aliphatic rings. The van der Waals surface area contributed by atoms with E-state index in [4.69, 9.17) is 9.47 Å². The van der Waals surface area contributed by atoms with Crippen molar-refractivity contribution in [2.45, 2.75) is 20.3 Å². The van der Waals surface area contributed by atoms with Crippen LogP contribution in [0.5, 0.6) is 11.5 Å². The minimum atomic E-state index is 0.321. The highest BCUT2D eigenvalue weighted by Crippen LogP contribution is 2.32. The summed E-state index contributed by atoms with van der Waals surface area (Å²) >= 11 is 0. The van der Waals surface area contributed by atoms with Gasteiger partial charge >= 0.3 is 0 Å². The predicted octanol–water partition coefficient (Wildman–Crippen LogP) is 1.53. The molecule has 0 bridgehead atoms. The molecular formula is C14H21N3O2. The van der Waals surface area contributed by atoms with Gasteiger partial charge in [-0.25, -0.2) is 0 Å². The Morgan fingerprint density at radius 1 is 1.16 bits per heavy atom. The first-order valence-electron chi connectivity index (χ1n) is 6.74. The average Bonchev–Trinajstić information content (AvgIpc) is 2.86. The van der Waals surface area contributed by atoms with Gasteiger partial charge in [0.25, 0.3) is 0 Å². The van der Waals surface area contributed by atoms with Gasteiger partial charge in [0.05, 0.1) is 0 Å². The van der Waals surface area contributed by atoms with E-state index in [1.165, 1.54) is 5.56 Å². The summed E-state index contributed by atoms with van der Waals surface area (Å²) in [4.78, 5) is 4.51. The smallest absolute Gasteiger partial charge is 0.231 e. The molecule has 5 nitrogen and oxygen atoms in total. The second-order valence-electron chi connectivity index (χ2n) is 4.23. The molecule has 0 aromatic heterocycles. The summed E-state index contributed by atoms with van der Waals surface area (Å²) in [5.74, 6) is 2.53. The second kappa shape index (κ2) is 6.87. The maximum absolute atomic E-state index is 5.36. The number of guanidine groups is 1. The number of fused-ring (bicyclic) bond motifs is 1. The van der Waals surface area contributed by atoms with Gasteiger partial charge in [0, 0.05) is 19.6 Å². The lowest BCUT2D eigenvalue weighted by Crippen LogP contribution is -2.37. The molecule has 1 heterocycles. The maximum Gasteiger partial charge on any atom is 0.231 e. The van der Waals surface area contributed by atoms with E-state index in [2.05, 4.69) is 35.5 Å². The summed E-state index contributed by atoms with van der Waals surface area (Å²) in [5.41, 5.74) is 1.21. The predicted molar refractivity (Wildman–Crippen MR) is 75.9 cm³/mol. The number of benzene rings is 1. The van der Waals surface area contributed by atoms with Crippen LogP contribution in [-0.4, -0.2) is 32.4 Å². The zero-order chi connectivity index (χ0) is 13.5. The molecule has 0 atom stereocenters. The highest BCUT2D eigenvalue weighted by molar-refractivity contribution is 5.79. The average molecular weight is 263 g/mol. The van der Waals surface area contributed by atoms with Crippen LogP contribution in [0.15, 0.2) is 23.2 Å². The van der Waals surface area contributed by atoms with Crippen molar-refractivity contribution in [2.24, 2.45) is 4.99 Å². The van der Waals surface area contributed by atoms with E-state index in [0.717, 1.165) is 43.5 Å². The minimum absolute atomic E-state index is 0.321. The summed E-state index contributed by atoms with van der Waals surface area (Å²) < 4.78 is 10.7. The topological polar surface area (TPSA) is 54.9 Å². The third-order valence-corrected chi connectivity index (χ3v) is 2.80. The van der Waals surface area contributed by atoms with Crippen molar-refractivity contribution in [1.29, 1.82) is 0 Å². The maximum atomic E-state index is 5.36. The lowest BCUT2D eigenvalue weighted by Gasteiger charge is -2.09. The summed E-state index contributed by atoms with van der Waals surface area (Å²) in [5, 5.41) is 6.41. The van der Waals surface area contributed by atoms with Crippen molar-refractivity contribution in [3.05, 3.63) is 23.8 Å². The first kappa shape index (κ1) is 13.5. The molecule has 0 saturated carbocycles. The van der Waals surface area contributed by atoms with Gasteiger partial charge in [0.1, 0.15) is 0 Å². The van der Waals surface area contributed by atoms with E-state index in [1.54, 1.807) is 0 Å². The Bertz CT molecular complexity index is 438. The van der Waals surface area contributed by atoms with Gasteiger partial charge in [-0.15, -0.1) is 0 Å². The fourth-order valence-electron chi connectivity index (χ4n) is 1.90. The fraction of sp³-hybridized carbons (Fsp3) is 0.500. The number of hydrogen-bond donors (Lipinski definition) is 2. The van der Waals surface area contributed by atoms with Crippen LogP contribution in [0.2, 0.25) is 0 Å². The van der Waals surface area contributed by atoms with Gasteiger partial charge in [-0.3, -0.25) is 4.99 Å². The molecule has 1 aliphatic heterocycles. The quantitative estimate of drug-likeness (QED) is 0.625. The van der Waals surface area contributed by atoms with E-state index in [-0.39, 0.29) is 0 Å². The Hall–Kier alpha value is -1.91. The van der Waals surface area contributed by atoms with Crippen molar-refractivity contribution in [2.75, 3.05) is 26.4 Å². The number of nitrogens with zero attached hydrogens (tertiary/aromatic N) is 1. The third-order valence-electron chi connectivity index (χ3n) is 2.80. The summed E-state index contributed by atoms with van der Waals surface area (Å²) in [6.45, 7) is 6.93. The third kappa shape index (κ3) is 3.77. The first-order valence-corrected chi connectivity index (χ1v) is 6.74. The van der Waals surface area contributed by atoms with E-state index < -0.39 is 0 Å². The summed E-state index contributed by atoms with van der Waals surface area (Å²) in [7, 11) is 0. The zero-order valence-corrected chi connectivity index (χ0v) is 11.5. The molecule has 1 aromatic rings. The second-order valence-corrected chi connectivity index (χ2v) is 4.23. The van der Waals surface area contributed by atoms with Crippen LogP contribution in [0.1, 0.15) is 19.4 Å². The van der Waals surface area contributed by atoms with E-state index in [1.807, 2.05) is 12.1 Å². The van der Waals surface area contributed by atoms with Crippen molar-refractivity contribution in [1.82, 2.24) is 10.6 Å². The van der Waals surface area contributed by atoms with Crippen LogP contribution in [0.3, 0.4) is 0 Å². The van der Waals surface area contributed by atoms with Crippen LogP contribution in [-0.2, 0) is 6.42 Å². The van der Waals surface area contributed by atoms with Gasteiger partial charge in [0.15, 0.2) is 17.5 Å². The van der Waals surface area contributed by atoms with Crippen molar-refractivity contribution in [3.63, 3.8) is 0 Å². The zero-order valence-electron chi connectivity index (χ0n) is 11.5. The van der Waals surface area contributed by atoms with E-state index >= 15 is 0 Å². The van der Waals surface area contributed by atoms with Crippen LogP contribution in [0.4, 0.5) is 0 Å². The molecule has 0 amide bonds. The molecule has 0 spiro atoms. The van der Waals surface area contributed by atoms with Crippen molar-refractivity contribution < 1.29 is 9.47 Å². The number of ether oxygens (including phenoxy) is 2. The molecule has 0 unspecified atom stereocenters. The number of nitrogens with one attached hydrogen (secondary N) is 2. The molecule has 5 heteroatoms. The number of rotatable bonds is 5. The van der Waals surface area contributed by atoms with Crippen LogP contribution >= 0.6 is 0 Å². The molecule has 2 rings (SSSR count). The SMILES string of the molecule is CCNC(=NCCc1ccc2c(c1)OCO2)NCC. The van der Waals surface area contributed by atoms with Gasteiger partial charge in [-0.2, -0.15) is 0 Å². The molecule has 0 aliphatic carbocycles. The Labute approximate surface area is 114 Å². The normalized spacial score (nSPS) is 12.1.